The number of allylic oxidation sites excluding steroid dienone is 22. The first-order chi connectivity index (χ1) is 39.0. The van der Waals surface area contributed by atoms with Gasteiger partial charge in [-0.2, -0.15) is 0 Å². The van der Waals surface area contributed by atoms with Gasteiger partial charge in [0.25, 0.3) is 0 Å². The summed E-state index contributed by atoms with van der Waals surface area (Å²) in [6.45, 7) is 6.36. The molecule has 0 saturated carbocycles. The van der Waals surface area contributed by atoms with Gasteiger partial charge in [0, 0.05) is 19.3 Å². The molecule has 0 amide bonds. The summed E-state index contributed by atoms with van der Waals surface area (Å²) in [6.07, 6.45) is 93.5. The summed E-state index contributed by atoms with van der Waals surface area (Å²) in [4.78, 5) is 38.2. The molecule has 0 aliphatic carbocycles. The number of carbonyl (C=O) groups is 3. The van der Waals surface area contributed by atoms with Crippen molar-refractivity contribution in [3.63, 3.8) is 0 Å². The zero-order chi connectivity index (χ0) is 57.1. The number of unbranched alkanes of at least 4 members (excludes halogenated alkanes) is 25. The molecule has 0 aliphatic heterocycles. The molecular formula is C73H120O6. The second-order valence-corrected chi connectivity index (χ2v) is 21.3. The maximum atomic E-state index is 12.8. The van der Waals surface area contributed by atoms with Gasteiger partial charge >= 0.3 is 17.9 Å². The van der Waals surface area contributed by atoms with Crippen molar-refractivity contribution in [1.82, 2.24) is 0 Å². The Morgan fingerprint density at radius 3 is 0.823 bits per heavy atom. The van der Waals surface area contributed by atoms with Crippen molar-refractivity contribution in [3.8, 4) is 0 Å². The van der Waals surface area contributed by atoms with Crippen molar-refractivity contribution < 1.29 is 28.6 Å². The van der Waals surface area contributed by atoms with E-state index in [0.29, 0.717) is 19.3 Å². The van der Waals surface area contributed by atoms with Crippen LogP contribution in [0.5, 0.6) is 0 Å². The third-order valence-electron chi connectivity index (χ3n) is 13.7. The number of ether oxygens (including phenoxy) is 3. The molecule has 0 aliphatic rings. The van der Waals surface area contributed by atoms with Crippen molar-refractivity contribution in [1.29, 1.82) is 0 Å². The molecule has 0 radical (unpaired) electrons. The summed E-state index contributed by atoms with van der Waals surface area (Å²) in [5.74, 6) is -0.986. The Hall–Kier alpha value is -4.45. The molecular weight excluding hydrogens is 973 g/mol. The van der Waals surface area contributed by atoms with E-state index in [0.717, 1.165) is 109 Å². The highest BCUT2D eigenvalue weighted by atomic mass is 16.6. The van der Waals surface area contributed by atoms with E-state index in [1.165, 1.54) is 135 Å². The van der Waals surface area contributed by atoms with Crippen LogP contribution < -0.4 is 0 Å². The minimum atomic E-state index is -0.817. The fraction of sp³-hybridized carbons (Fsp3) is 0.658. The third-order valence-corrected chi connectivity index (χ3v) is 13.7. The topological polar surface area (TPSA) is 78.9 Å². The molecule has 0 aromatic heterocycles. The van der Waals surface area contributed by atoms with E-state index in [4.69, 9.17) is 14.2 Å². The number of hydrogen-bond acceptors (Lipinski definition) is 6. The molecule has 0 spiro atoms. The molecule has 79 heavy (non-hydrogen) atoms. The molecule has 448 valence electrons. The second kappa shape index (κ2) is 66.1. The van der Waals surface area contributed by atoms with Crippen LogP contribution in [0.15, 0.2) is 134 Å². The number of carbonyl (C=O) groups excluding carboxylic acids is 3. The lowest BCUT2D eigenvalue weighted by Gasteiger charge is -2.18. The Kier molecular flexibility index (Phi) is 62.3. The van der Waals surface area contributed by atoms with Crippen molar-refractivity contribution in [3.05, 3.63) is 134 Å². The Labute approximate surface area is 487 Å². The summed E-state index contributed by atoms with van der Waals surface area (Å²) >= 11 is 0. The van der Waals surface area contributed by atoms with Gasteiger partial charge in [-0.25, -0.2) is 0 Å². The second-order valence-electron chi connectivity index (χ2n) is 21.3. The van der Waals surface area contributed by atoms with Crippen LogP contribution in [0, 0.1) is 0 Å². The zero-order valence-corrected chi connectivity index (χ0v) is 51.3. The fourth-order valence-electron chi connectivity index (χ4n) is 8.85. The summed E-state index contributed by atoms with van der Waals surface area (Å²) in [6, 6.07) is 0. The molecule has 0 aromatic rings. The lowest BCUT2D eigenvalue weighted by molar-refractivity contribution is -0.166. The Morgan fingerprint density at radius 2 is 0.519 bits per heavy atom. The molecule has 1 unspecified atom stereocenters. The van der Waals surface area contributed by atoms with E-state index in [-0.39, 0.29) is 37.5 Å². The van der Waals surface area contributed by atoms with Crippen LogP contribution >= 0.6 is 0 Å². The van der Waals surface area contributed by atoms with Crippen molar-refractivity contribution >= 4 is 17.9 Å². The quantitative estimate of drug-likeness (QED) is 0.0261. The van der Waals surface area contributed by atoms with Crippen LogP contribution in [0.2, 0.25) is 0 Å². The molecule has 0 heterocycles. The van der Waals surface area contributed by atoms with Gasteiger partial charge in [0.05, 0.1) is 0 Å². The maximum Gasteiger partial charge on any atom is 0.306 e. The molecule has 6 nitrogen and oxygen atoms in total. The van der Waals surface area contributed by atoms with Gasteiger partial charge in [0.15, 0.2) is 6.10 Å². The molecule has 0 saturated heterocycles. The van der Waals surface area contributed by atoms with Crippen LogP contribution in [-0.4, -0.2) is 37.2 Å². The highest BCUT2D eigenvalue weighted by Crippen LogP contribution is 2.16. The van der Waals surface area contributed by atoms with Crippen molar-refractivity contribution in [2.24, 2.45) is 0 Å². The summed E-state index contributed by atoms with van der Waals surface area (Å²) < 4.78 is 16.8. The van der Waals surface area contributed by atoms with E-state index in [2.05, 4.69) is 148 Å². The fourth-order valence-corrected chi connectivity index (χ4v) is 8.85. The molecule has 0 bridgehead atoms. The predicted octanol–water partition coefficient (Wildman–Crippen LogP) is 22.5. The Balaban J connectivity index is 4.19. The summed E-state index contributed by atoms with van der Waals surface area (Å²) in [5.41, 5.74) is 0. The first-order valence-electron chi connectivity index (χ1n) is 32.7. The number of hydrogen-bond donors (Lipinski definition) is 0. The molecule has 6 heteroatoms. The van der Waals surface area contributed by atoms with Crippen LogP contribution in [0.3, 0.4) is 0 Å². The Morgan fingerprint density at radius 1 is 0.266 bits per heavy atom. The van der Waals surface area contributed by atoms with Gasteiger partial charge < -0.3 is 14.2 Å². The van der Waals surface area contributed by atoms with Gasteiger partial charge in [-0.3, -0.25) is 14.4 Å². The molecule has 0 rings (SSSR count). The zero-order valence-electron chi connectivity index (χ0n) is 51.3. The van der Waals surface area contributed by atoms with E-state index < -0.39 is 6.10 Å². The standard InChI is InChI=1S/C73H120O6/c1-4-7-10-13-16-19-22-25-26-27-28-29-30-31-32-33-34-35-36-37-38-39-40-41-42-43-44-45-46-49-51-54-57-60-63-66-72(75)78-69-70(79-73(76)67-64-61-58-55-52-48-24-21-18-15-12-9-6-3)68-77-71(74)65-62-59-56-53-50-47-23-20-17-14-11-8-5-2/h7,9-10,12,16,18-19,21,25-26,28-29,31-32,34-35,37-38,48,52,58,61,70H,4-6,8,11,13-15,17,20,22-24,27,30,33,36,39-47,49-51,53-57,59-60,62-69H2,1-3H3/b10-7-,12-9-,19-16-,21-18-,26-25-,29-28-,32-31-,35-34-,38-37-,52-48-,61-58-. The largest absolute Gasteiger partial charge is 0.462 e. The average Bonchev–Trinajstić information content (AvgIpc) is 3.45. The number of esters is 3. The van der Waals surface area contributed by atoms with Crippen LogP contribution in [0.4, 0.5) is 0 Å². The molecule has 0 N–H and O–H groups in total. The van der Waals surface area contributed by atoms with Gasteiger partial charge in [0.1, 0.15) is 13.2 Å². The van der Waals surface area contributed by atoms with Gasteiger partial charge in [-0.15, -0.1) is 0 Å². The SMILES string of the molecule is CC/C=C\C/C=C\C/C=C\C/C=C\C/C=C\C/C=C\C/C=C\CCCCCCCCCCCCCCCC(=O)OCC(COC(=O)CCCCCCCCCCCCCCC)OC(=O)CC/C=C\C/C=C\C/C=C\C/C=C\CC. The highest BCUT2D eigenvalue weighted by Gasteiger charge is 2.19. The van der Waals surface area contributed by atoms with Gasteiger partial charge in [0.2, 0.25) is 0 Å². The van der Waals surface area contributed by atoms with E-state index in [1.807, 2.05) is 6.08 Å². The van der Waals surface area contributed by atoms with Crippen LogP contribution in [-0.2, 0) is 28.6 Å². The van der Waals surface area contributed by atoms with Gasteiger partial charge in [-0.05, 0) is 103 Å². The van der Waals surface area contributed by atoms with E-state index >= 15 is 0 Å². The lowest BCUT2D eigenvalue weighted by atomic mass is 10.0. The lowest BCUT2D eigenvalue weighted by Crippen LogP contribution is -2.30. The number of rotatable bonds is 58. The average molecular weight is 1090 g/mol. The van der Waals surface area contributed by atoms with E-state index in [9.17, 15) is 14.4 Å². The highest BCUT2D eigenvalue weighted by molar-refractivity contribution is 5.71. The predicted molar refractivity (Wildman–Crippen MR) is 343 cm³/mol. The monoisotopic (exact) mass is 1090 g/mol. The van der Waals surface area contributed by atoms with Crippen molar-refractivity contribution in [2.45, 2.75) is 297 Å². The Bertz CT molecular complexity index is 1680. The molecule has 0 aromatic carbocycles. The normalized spacial score (nSPS) is 13.0. The summed E-state index contributed by atoms with van der Waals surface area (Å²) in [7, 11) is 0. The van der Waals surface area contributed by atoms with Crippen LogP contribution in [0.25, 0.3) is 0 Å². The molecule has 0 fully saturated rings. The van der Waals surface area contributed by atoms with Crippen molar-refractivity contribution in [2.75, 3.05) is 13.2 Å². The third kappa shape index (κ3) is 64.3. The smallest absolute Gasteiger partial charge is 0.306 e. The molecule has 1 atom stereocenters. The maximum absolute atomic E-state index is 12.8. The first-order valence-corrected chi connectivity index (χ1v) is 32.7. The minimum Gasteiger partial charge on any atom is -0.462 e. The first kappa shape index (κ1) is 74.5. The van der Waals surface area contributed by atoms with Gasteiger partial charge in [-0.1, -0.05) is 302 Å². The summed E-state index contributed by atoms with van der Waals surface area (Å²) in [5, 5.41) is 0. The minimum absolute atomic E-state index is 0.106. The van der Waals surface area contributed by atoms with Crippen LogP contribution in [0.1, 0.15) is 290 Å². The van der Waals surface area contributed by atoms with E-state index in [1.54, 1.807) is 0 Å².